The number of alkyl halides is 4. The standard InChI is InChI=1S/C24H20F4N8O2S/c1-4-35-8-13(10(3)34-35)11-6-14(19(25)26)32-24-16(11)17(18(39-24)21(29)37)33-23(38)12-7-30-36-15(20(27)28)5-9(2)31-22(12)36/h5-8,19-20H,4H2,1-3H3,(H2,29,37)(H,33,38). The van der Waals surface area contributed by atoms with Gasteiger partial charge in [-0.05, 0) is 38.5 Å². The van der Waals surface area contributed by atoms with Crippen LogP contribution in [0.25, 0.3) is 27.0 Å². The van der Waals surface area contributed by atoms with Gasteiger partial charge >= 0.3 is 0 Å². The Hall–Kier alpha value is -4.40. The van der Waals surface area contributed by atoms with Crippen LogP contribution in [-0.4, -0.2) is 41.2 Å². The molecule has 0 radical (unpaired) electrons. The van der Waals surface area contributed by atoms with E-state index in [0.29, 0.717) is 17.8 Å². The molecule has 0 aromatic carbocycles. The third-order valence-electron chi connectivity index (χ3n) is 6.02. The van der Waals surface area contributed by atoms with Crippen LogP contribution in [0.3, 0.4) is 0 Å². The average Bonchev–Trinajstić information content (AvgIpc) is 3.57. The number of rotatable bonds is 7. The van der Waals surface area contributed by atoms with Gasteiger partial charge in [0.1, 0.15) is 26.7 Å². The molecule has 2 amide bonds. The summed E-state index contributed by atoms with van der Waals surface area (Å²) >= 11 is 0.746. The monoisotopic (exact) mass is 560 g/mol. The second kappa shape index (κ2) is 9.72. The SMILES string of the molecule is CCn1cc(-c2cc(C(F)F)nc3sc(C(N)=O)c(NC(=O)c4cnn5c(C(F)F)cc(C)nc45)c23)c(C)n1. The number of nitrogens with two attached hydrogens (primary N) is 1. The summed E-state index contributed by atoms with van der Waals surface area (Å²) in [5, 5.41) is 11.1. The van der Waals surface area contributed by atoms with Gasteiger partial charge in [-0.25, -0.2) is 32.0 Å². The van der Waals surface area contributed by atoms with Crippen LogP contribution < -0.4 is 11.1 Å². The molecule has 0 saturated heterocycles. The van der Waals surface area contributed by atoms with Gasteiger partial charge in [-0.2, -0.15) is 10.2 Å². The number of amides is 2. The quantitative estimate of drug-likeness (QED) is 0.267. The van der Waals surface area contributed by atoms with E-state index in [0.717, 1.165) is 28.1 Å². The predicted molar refractivity (Wildman–Crippen MR) is 135 cm³/mol. The summed E-state index contributed by atoms with van der Waals surface area (Å²) in [6, 6.07) is 2.33. The summed E-state index contributed by atoms with van der Waals surface area (Å²) in [6.07, 6.45) is -3.05. The van der Waals surface area contributed by atoms with Crippen LogP contribution in [0.5, 0.6) is 0 Å². The van der Waals surface area contributed by atoms with Crippen LogP contribution >= 0.6 is 11.3 Å². The van der Waals surface area contributed by atoms with Crippen molar-refractivity contribution in [2.75, 3.05) is 5.32 Å². The number of anilines is 1. The van der Waals surface area contributed by atoms with Crippen molar-refractivity contribution in [1.82, 2.24) is 29.4 Å². The average molecular weight is 561 g/mol. The number of aromatic nitrogens is 6. The van der Waals surface area contributed by atoms with Crippen molar-refractivity contribution in [3.05, 3.63) is 57.7 Å². The van der Waals surface area contributed by atoms with E-state index < -0.39 is 36.1 Å². The number of hydrogen-bond donors (Lipinski definition) is 2. The maximum absolute atomic E-state index is 13.8. The number of pyridine rings is 1. The molecule has 0 aliphatic carbocycles. The largest absolute Gasteiger partial charge is 0.365 e. The summed E-state index contributed by atoms with van der Waals surface area (Å²) in [5.74, 6) is -1.75. The van der Waals surface area contributed by atoms with Crippen molar-refractivity contribution >= 4 is 44.7 Å². The third-order valence-corrected chi connectivity index (χ3v) is 7.12. The molecule has 5 aromatic rings. The topological polar surface area (TPSA) is 133 Å². The first-order valence-electron chi connectivity index (χ1n) is 11.5. The molecule has 0 spiro atoms. The van der Waals surface area contributed by atoms with Crippen molar-refractivity contribution < 1.29 is 27.2 Å². The molecule has 15 heteroatoms. The maximum atomic E-state index is 13.8. The van der Waals surface area contributed by atoms with E-state index in [1.165, 1.54) is 13.0 Å². The van der Waals surface area contributed by atoms with Gasteiger partial charge in [-0.3, -0.25) is 14.3 Å². The molecule has 0 aliphatic heterocycles. The van der Waals surface area contributed by atoms with Crippen LogP contribution in [0.1, 0.15) is 62.6 Å². The third kappa shape index (κ3) is 4.47. The van der Waals surface area contributed by atoms with Crippen LogP contribution in [0.15, 0.2) is 24.5 Å². The zero-order valence-corrected chi connectivity index (χ0v) is 21.5. The number of fused-ring (bicyclic) bond motifs is 2. The first-order chi connectivity index (χ1) is 18.5. The molecule has 0 bridgehead atoms. The fourth-order valence-electron chi connectivity index (χ4n) is 4.29. The molecule has 5 aromatic heterocycles. The molecule has 202 valence electrons. The Labute approximate surface area is 221 Å². The van der Waals surface area contributed by atoms with Crippen LogP contribution in [0, 0.1) is 13.8 Å². The lowest BCUT2D eigenvalue weighted by Gasteiger charge is -2.10. The number of nitrogens with zero attached hydrogens (tertiary/aromatic N) is 6. The minimum absolute atomic E-state index is 0.0457. The van der Waals surface area contributed by atoms with E-state index in [9.17, 15) is 27.2 Å². The fourth-order valence-corrected chi connectivity index (χ4v) is 5.30. The van der Waals surface area contributed by atoms with Gasteiger partial charge < -0.3 is 11.1 Å². The highest BCUT2D eigenvalue weighted by Crippen LogP contribution is 2.43. The first kappa shape index (κ1) is 26.2. The first-order valence-corrected chi connectivity index (χ1v) is 12.4. The lowest BCUT2D eigenvalue weighted by atomic mass is 10.0. The zero-order chi connectivity index (χ0) is 28.2. The van der Waals surface area contributed by atoms with Gasteiger partial charge in [-0.1, -0.05) is 0 Å². The number of carbonyl (C=O) groups excluding carboxylic acids is 2. The van der Waals surface area contributed by atoms with Crippen molar-refractivity contribution in [2.24, 2.45) is 5.73 Å². The molecule has 10 nitrogen and oxygen atoms in total. The number of halogens is 4. The van der Waals surface area contributed by atoms with Crippen molar-refractivity contribution in [1.29, 1.82) is 0 Å². The van der Waals surface area contributed by atoms with Crippen molar-refractivity contribution in [2.45, 2.75) is 40.2 Å². The molecule has 5 rings (SSSR count). The van der Waals surface area contributed by atoms with Crippen LogP contribution in [-0.2, 0) is 6.54 Å². The summed E-state index contributed by atoms with van der Waals surface area (Å²) < 4.78 is 57.2. The summed E-state index contributed by atoms with van der Waals surface area (Å²) in [6.45, 7) is 5.56. The minimum atomic E-state index is -2.91. The molecule has 0 atom stereocenters. The summed E-state index contributed by atoms with van der Waals surface area (Å²) in [4.78, 5) is 33.9. The van der Waals surface area contributed by atoms with E-state index in [4.69, 9.17) is 5.73 Å². The Balaban J connectivity index is 1.72. The maximum Gasteiger partial charge on any atom is 0.280 e. The van der Waals surface area contributed by atoms with Gasteiger partial charge in [0.15, 0.2) is 5.65 Å². The molecule has 0 fully saturated rings. The van der Waals surface area contributed by atoms with E-state index in [1.807, 2.05) is 6.92 Å². The minimum Gasteiger partial charge on any atom is -0.365 e. The Bertz CT molecular complexity index is 1780. The Kier molecular flexibility index (Phi) is 6.54. The van der Waals surface area contributed by atoms with Crippen LogP contribution in [0.4, 0.5) is 23.2 Å². The Morgan fingerprint density at radius 2 is 1.85 bits per heavy atom. The molecule has 3 N–H and O–H groups in total. The molecule has 39 heavy (non-hydrogen) atoms. The normalized spacial score (nSPS) is 11.8. The highest BCUT2D eigenvalue weighted by molar-refractivity contribution is 7.21. The lowest BCUT2D eigenvalue weighted by Crippen LogP contribution is -2.17. The molecule has 0 saturated carbocycles. The van der Waals surface area contributed by atoms with Gasteiger partial charge in [0, 0.05) is 29.4 Å². The summed E-state index contributed by atoms with van der Waals surface area (Å²) in [7, 11) is 0. The molecular weight excluding hydrogens is 540 g/mol. The van der Waals surface area contributed by atoms with E-state index in [1.54, 1.807) is 17.8 Å². The molecule has 0 aliphatic rings. The van der Waals surface area contributed by atoms with E-state index in [2.05, 4.69) is 25.5 Å². The number of primary amides is 1. The van der Waals surface area contributed by atoms with E-state index in [-0.39, 0.29) is 43.2 Å². The molecular formula is C24H20F4N8O2S. The number of nitrogens with one attached hydrogen (secondary N) is 1. The van der Waals surface area contributed by atoms with Crippen molar-refractivity contribution in [3.63, 3.8) is 0 Å². The van der Waals surface area contributed by atoms with Gasteiger partial charge in [-0.15, -0.1) is 11.3 Å². The summed E-state index contributed by atoms with van der Waals surface area (Å²) in [5.41, 5.74) is 5.80. The smallest absolute Gasteiger partial charge is 0.280 e. The fraction of sp³-hybridized carbons (Fsp3) is 0.250. The molecule has 5 heterocycles. The van der Waals surface area contributed by atoms with E-state index >= 15 is 0 Å². The highest BCUT2D eigenvalue weighted by atomic mass is 32.1. The highest BCUT2D eigenvalue weighted by Gasteiger charge is 2.28. The Morgan fingerprint density at radius 1 is 1.10 bits per heavy atom. The lowest BCUT2D eigenvalue weighted by molar-refractivity contribution is 0.100. The van der Waals surface area contributed by atoms with Gasteiger partial charge in [0.05, 0.1) is 17.6 Å². The zero-order valence-electron chi connectivity index (χ0n) is 20.7. The second-order valence-electron chi connectivity index (χ2n) is 8.60. The van der Waals surface area contributed by atoms with Crippen LogP contribution in [0.2, 0.25) is 0 Å². The predicted octanol–water partition coefficient (Wildman–Crippen LogP) is 5.07. The number of aryl methyl sites for hydroxylation is 3. The van der Waals surface area contributed by atoms with Gasteiger partial charge in [0.25, 0.3) is 24.7 Å². The second-order valence-corrected chi connectivity index (χ2v) is 9.60. The molecule has 0 unspecified atom stereocenters. The van der Waals surface area contributed by atoms with Crippen molar-refractivity contribution in [3.8, 4) is 11.1 Å². The van der Waals surface area contributed by atoms with Gasteiger partial charge in [0.2, 0.25) is 0 Å². The number of hydrogen-bond acceptors (Lipinski definition) is 7. The number of carbonyl (C=O) groups is 2. The Morgan fingerprint density at radius 3 is 2.46 bits per heavy atom. The number of thiophene rings is 1.